The lowest BCUT2D eigenvalue weighted by Gasteiger charge is -2.33. The lowest BCUT2D eigenvalue weighted by Crippen LogP contribution is -2.39. The van der Waals surface area contributed by atoms with Gasteiger partial charge in [0.2, 0.25) is 0 Å². The van der Waals surface area contributed by atoms with E-state index in [9.17, 15) is 4.39 Å². The third kappa shape index (κ3) is 2.79. The molecule has 1 saturated carbocycles. The van der Waals surface area contributed by atoms with Gasteiger partial charge in [-0.05, 0) is 52.4 Å². The predicted octanol–water partition coefficient (Wildman–Crippen LogP) is 3.48. The van der Waals surface area contributed by atoms with Crippen LogP contribution in [0.25, 0.3) is 0 Å². The first kappa shape index (κ1) is 11.1. The normalized spacial score (nSPS) is 25.0. The van der Waals surface area contributed by atoms with Gasteiger partial charge in [0, 0.05) is 12.6 Å². The van der Waals surface area contributed by atoms with Crippen molar-refractivity contribution in [3.63, 3.8) is 0 Å². The molecule has 0 heterocycles. The van der Waals surface area contributed by atoms with Crippen molar-refractivity contribution in [1.82, 2.24) is 5.32 Å². The molecule has 0 aromatic heterocycles. The lowest BCUT2D eigenvalue weighted by atomic mass is 9.82. The predicted molar refractivity (Wildman–Crippen MR) is 63.1 cm³/mol. The van der Waals surface area contributed by atoms with Crippen LogP contribution in [0.4, 0.5) is 4.39 Å². The van der Waals surface area contributed by atoms with Crippen molar-refractivity contribution in [3.05, 3.63) is 34.1 Å². The van der Waals surface area contributed by atoms with E-state index in [1.165, 1.54) is 18.9 Å². The summed E-state index contributed by atoms with van der Waals surface area (Å²) in [6.07, 6.45) is 2.53. The molecule has 0 aliphatic heterocycles. The highest BCUT2D eigenvalue weighted by atomic mass is 79.9. The van der Waals surface area contributed by atoms with Crippen LogP contribution in [0.1, 0.15) is 25.3 Å². The van der Waals surface area contributed by atoms with Gasteiger partial charge >= 0.3 is 0 Å². The van der Waals surface area contributed by atoms with E-state index in [4.69, 9.17) is 0 Å². The van der Waals surface area contributed by atoms with Gasteiger partial charge < -0.3 is 5.32 Å². The highest BCUT2D eigenvalue weighted by Gasteiger charge is 2.24. The van der Waals surface area contributed by atoms with Crippen LogP contribution >= 0.6 is 15.9 Å². The Labute approximate surface area is 98.2 Å². The molecule has 1 N–H and O–H groups in total. The Morgan fingerprint density at radius 2 is 2.20 bits per heavy atom. The molecule has 1 fully saturated rings. The van der Waals surface area contributed by atoms with Crippen molar-refractivity contribution in [3.8, 4) is 0 Å². The summed E-state index contributed by atoms with van der Waals surface area (Å²) in [5.41, 5.74) is 1.13. The van der Waals surface area contributed by atoms with Gasteiger partial charge in [-0.3, -0.25) is 0 Å². The molecule has 0 radical (unpaired) electrons. The molecule has 15 heavy (non-hydrogen) atoms. The van der Waals surface area contributed by atoms with E-state index >= 15 is 0 Å². The summed E-state index contributed by atoms with van der Waals surface area (Å²) in [7, 11) is 0. The Morgan fingerprint density at radius 3 is 2.80 bits per heavy atom. The molecule has 0 bridgehead atoms. The van der Waals surface area contributed by atoms with E-state index in [-0.39, 0.29) is 5.82 Å². The fraction of sp³-hybridized carbons (Fsp3) is 0.500. The first-order valence-electron chi connectivity index (χ1n) is 5.32. The minimum atomic E-state index is -0.198. The van der Waals surface area contributed by atoms with E-state index in [0.717, 1.165) is 18.0 Å². The summed E-state index contributed by atoms with van der Waals surface area (Å²) < 4.78 is 13.5. The zero-order valence-corrected chi connectivity index (χ0v) is 10.3. The molecule has 3 heteroatoms. The van der Waals surface area contributed by atoms with Crippen LogP contribution in [0, 0.1) is 11.7 Å². The summed E-state index contributed by atoms with van der Waals surface area (Å²) in [5, 5.41) is 3.47. The zero-order valence-electron chi connectivity index (χ0n) is 8.76. The summed E-state index contributed by atoms with van der Waals surface area (Å²) in [6.45, 7) is 3.10. The number of hydrogen-bond acceptors (Lipinski definition) is 1. The number of rotatable bonds is 3. The first-order valence-corrected chi connectivity index (χ1v) is 6.12. The topological polar surface area (TPSA) is 12.0 Å². The summed E-state index contributed by atoms with van der Waals surface area (Å²) in [6, 6.07) is 5.83. The lowest BCUT2D eigenvalue weighted by molar-refractivity contribution is 0.240. The Bertz CT molecular complexity index is 347. The SMILES string of the molecule is CC1CC(NCc2ccc(F)c(Br)c2)C1. The van der Waals surface area contributed by atoms with Crippen LogP contribution < -0.4 is 5.32 Å². The van der Waals surface area contributed by atoms with Gasteiger partial charge in [-0.25, -0.2) is 4.39 Å². The van der Waals surface area contributed by atoms with Crippen molar-refractivity contribution in [1.29, 1.82) is 0 Å². The van der Waals surface area contributed by atoms with E-state index in [0.29, 0.717) is 10.5 Å². The molecular weight excluding hydrogens is 257 g/mol. The Morgan fingerprint density at radius 1 is 1.47 bits per heavy atom. The van der Waals surface area contributed by atoms with Gasteiger partial charge in [-0.15, -0.1) is 0 Å². The van der Waals surface area contributed by atoms with Crippen LogP contribution in [0.3, 0.4) is 0 Å². The molecule has 0 atom stereocenters. The molecular formula is C12H15BrFN. The van der Waals surface area contributed by atoms with Gasteiger partial charge in [-0.2, -0.15) is 0 Å². The van der Waals surface area contributed by atoms with Crippen molar-refractivity contribution in [2.75, 3.05) is 0 Å². The smallest absolute Gasteiger partial charge is 0.137 e. The number of halogens is 2. The maximum atomic E-state index is 13.0. The third-order valence-electron chi connectivity index (χ3n) is 2.95. The second-order valence-electron chi connectivity index (χ2n) is 4.40. The average molecular weight is 272 g/mol. The maximum Gasteiger partial charge on any atom is 0.137 e. The molecule has 1 aliphatic rings. The van der Waals surface area contributed by atoms with Crippen LogP contribution in [0.2, 0.25) is 0 Å². The fourth-order valence-electron chi connectivity index (χ4n) is 1.98. The number of hydrogen-bond donors (Lipinski definition) is 1. The minimum absolute atomic E-state index is 0.198. The molecule has 82 valence electrons. The highest BCUT2D eigenvalue weighted by molar-refractivity contribution is 9.10. The van der Waals surface area contributed by atoms with Crippen LogP contribution in [0.15, 0.2) is 22.7 Å². The van der Waals surface area contributed by atoms with Gasteiger partial charge in [0.1, 0.15) is 5.82 Å². The van der Waals surface area contributed by atoms with Gasteiger partial charge in [0.15, 0.2) is 0 Å². The molecule has 0 unspecified atom stereocenters. The van der Waals surface area contributed by atoms with Crippen molar-refractivity contribution < 1.29 is 4.39 Å². The fourth-order valence-corrected chi connectivity index (χ4v) is 2.41. The van der Waals surface area contributed by atoms with Crippen LogP contribution in [-0.4, -0.2) is 6.04 Å². The van der Waals surface area contributed by atoms with Crippen LogP contribution in [-0.2, 0) is 6.54 Å². The quantitative estimate of drug-likeness (QED) is 0.888. The van der Waals surface area contributed by atoms with Crippen molar-refractivity contribution in [2.45, 2.75) is 32.4 Å². The van der Waals surface area contributed by atoms with Crippen molar-refractivity contribution in [2.24, 2.45) is 5.92 Å². The molecule has 1 nitrogen and oxygen atoms in total. The van der Waals surface area contributed by atoms with Crippen LogP contribution in [0.5, 0.6) is 0 Å². The summed E-state index contributed by atoms with van der Waals surface area (Å²) >= 11 is 3.19. The monoisotopic (exact) mass is 271 g/mol. The second-order valence-corrected chi connectivity index (χ2v) is 5.26. The zero-order chi connectivity index (χ0) is 10.8. The molecule has 0 saturated heterocycles. The maximum absolute atomic E-state index is 13.0. The van der Waals surface area contributed by atoms with E-state index in [2.05, 4.69) is 28.2 Å². The standard InChI is InChI=1S/C12H15BrFN/c1-8-4-10(5-8)15-7-9-2-3-12(14)11(13)6-9/h2-3,6,8,10,15H,4-5,7H2,1H3. The molecule has 0 spiro atoms. The summed E-state index contributed by atoms with van der Waals surface area (Å²) in [4.78, 5) is 0. The molecule has 0 amide bonds. The van der Waals surface area contributed by atoms with E-state index in [1.54, 1.807) is 0 Å². The van der Waals surface area contributed by atoms with Gasteiger partial charge in [0.05, 0.1) is 4.47 Å². The first-order chi connectivity index (χ1) is 7.15. The number of nitrogens with one attached hydrogen (secondary N) is 1. The van der Waals surface area contributed by atoms with Crippen molar-refractivity contribution >= 4 is 15.9 Å². The minimum Gasteiger partial charge on any atom is -0.310 e. The van der Waals surface area contributed by atoms with E-state index < -0.39 is 0 Å². The van der Waals surface area contributed by atoms with Gasteiger partial charge in [0.25, 0.3) is 0 Å². The molecule has 1 aromatic rings. The largest absolute Gasteiger partial charge is 0.310 e. The molecule has 2 rings (SSSR count). The third-order valence-corrected chi connectivity index (χ3v) is 3.56. The number of benzene rings is 1. The Balaban J connectivity index is 1.86. The highest BCUT2D eigenvalue weighted by Crippen LogP contribution is 2.26. The van der Waals surface area contributed by atoms with Gasteiger partial charge in [-0.1, -0.05) is 13.0 Å². The molecule has 1 aromatic carbocycles. The Hall–Kier alpha value is -0.410. The summed E-state index contributed by atoms with van der Waals surface area (Å²) in [5.74, 6) is 0.665. The average Bonchev–Trinajstić information content (AvgIpc) is 2.16. The van der Waals surface area contributed by atoms with E-state index in [1.807, 2.05) is 12.1 Å². The molecule has 1 aliphatic carbocycles. The Kier molecular flexibility index (Phi) is 3.42. The second kappa shape index (κ2) is 4.62.